The zero-order valence-electron chi connectivity index (χ0n) is 8.84. The van der Waals surface area contributed by atoms with Crippen molar-refractivity contribution in [3.63, 3.8) is 0 Å². The molecule has 0 aromatic rings. The second-order valence-corrected chi connectivity index (χ2v) is 4.58. The van der Waals surface area contributed by atoms with Gasteiger partial charge < -0.3 is 4.90 Å². The minimum Gasteiger partial charge on any atom is -0.302 e. The van der Waals surface area contributed by atoms with E-state index in [1.807, 2.05) is 0 Å². The van der Waals surface area contributed by atoms with Crippen molar-refractivity contribution in [1.82, 2.24) is 9.80 Å². The van der Waals surface area contributed by atoms with Gasteiger partial charge in [0.25, 0.3) is 0 Å². The molecule has 2 heterocycles. The third-order valence-electron chi connectivity index (χ3n) is 3.59. The number of hydrogen-bond acceptors (Lipinski definition) is 2. The van der Waals surface area contributed by atoms with Gasteiger partial charge in [0.15, 0.2) is 0 Å². The third-order valence-corrected chi connectivity index (χ3v) is 3.59. The Hall–Kier alpha value is -0.0800. The Labute approximate surface area is 81.9 Å². The van der Waals surface area contributed by atoms with E-state index in [9.17, 15) is 0 Å². The summed E-state index contributed by atoms with van der Waals surface area (Å²) in [7, 11) is 0. The van der Waals surface area contributed by atoms with E-state index in [1.165, 1.54) is 58.4 Å². The van der Waals surface area contributed by atoms with Crippen molar-refractivity contribution in [1.29, 1.82) is 0 Å². The molecule has 2 heteroatoms. The third kappa shape index (κ3) is 2.44. The fourth-order valence-electron chi connectivity index (χ4n) is 2.60. The van der Waals surface area contributed by atoms with Gasteiger partial charge in [-0.15, -0.1) is 0 Å². The second kappa shape index (κ2) is 4.43. The number of hydrogen-bond donors (Lipinski definition) is 0. The first-order chi connectivity index (χ1) is 6.36. The molecule has 0 radical (unpaired) electrons. The van der Waals surface area contributed by atoms with E-state index in [0.29, 0.717) is 0 Å². The molecular weight excluding hydrogens is 160 g/mol. The molecule has 0 spiro atoms. The van der Waals surface area contributed by atoms with Crippen molar-refractivity contribution in [2.24, 2.45) is 0 Å². The largest absolute Gasteiger partial charge is 0.302 e. The summed E-state index contributed by atoms with van der Waals surface area (Å²) in [5.41, 5.74) is 0. The van der Waals surface area contributed by atoms with Gasteiger partial charge in [0, 0.05) is 19.1 Å². The summed E-state index contributed by atoms with van der Waals surface area (Å²) < 4.78 is 0. The van der Waals surface area contributed by atoms with Gasteiger partial charge in [-0.3, -0.25) is 4.90 Å². The van der Waals surface area contributed by atoms with Crippen LogP contribution in [0, 0.1) is 0 Å². The molecule has 2 aliphatic heterocycles. The molecule has 2 rings (SSSR count). The molecular formula is C11H22N2. The Morgan fingerprint density at radius 3 is 2.38 bits per heavy atom. The fraction of sp³-hybridized carbons (Fsp3) is 1.00. The first-order valence-electron chi connectivity index (χ1n) is 5.82. The maximum atomic E-state index is 2.65. The number of nitrogens with zero attached hydrogens (tertiary/aromatic N) is 2. The lowest BCUT2D eigenvalue weighted by Crippen LogP contribution is -2.35. The second-order valence-electron chi connectivity index (χ2n) is 4.58. The van der Waals surface area contributed by atoms with Gasteiger partial charge in [-0.05, 0) is 52.2 Å². The SMILES string of the molecule is CC1CCCN1CCN1CCCC1. The quantitative estimate of drug-likeness (QED) is 0.653. The van der Waals surface area contributed by atoms with Gasteiger partial charge >= 0.3 is 0 Å². The normalized spacial score (nSPS) is 31.6. The molecule has 2 fully saturated rings. The molecule has 2 aliphatic rings. The molecule has 0 saturated carbocycles. The van der Waals surface area contributed by atoms with E-state index < -0.39 is 0 Å². The van der Waals surface area contributed by atoms with Crippen LogP contribution < -0.4 is 0 Å². The molecule has 1 unspecified atom stereocenters. The predicted molar refractivity (Wildman–Crippen MR) is 55.9 cm³/mol. The van der Waals surface area contributed by atoms with Crippen LogP contribution in [0.15, 0.2) is 0 Å². The van der Waals surface area contributed by atoms with Gasteiger partial charge in [-0.1, -0.05) is 0 Å². The minimum atomic E-state index is 0.850. The Morgan fingerprint density at radius 1 is 1.00 bits per heavy atom. The lowest BCUT2D eigenvalue weighted by atomic mass is 10.2. The van der Waals surface area contributed by atoms with E-state index in [2.05, 4.69) is 16.7 Å². The summed E-state index contributed by atoms with van der Waals surface area (Å²) in [4.78, 5) is 5.27. The summed E-state index contributed by atoms with van der Waals surface area (Å²) in [5.74, 6) is 0. The summed E-state index contributed by atoms with van der Waals surface area (Å²) in [6, 6.07) is 0.850. The Bertz CT molecular complexity index is 152. The van der Waals surface area contributed by atoms with Gasteiger partial charge in [0.2, 0.25) is 0 Å². The smallest absolute Gasteiger partial charge is 0.0112 e. The monoisotopic (exact) mass is 182 g/mol. The van der Waals surface area contributed by atoms with Gasteiger partial charge in [-0.25, -0.2) is 0 Å². The van der Waals surface area contributed by atoms with E-state index in [-0.39, 0.29) is 0 Å². The molecule has 0 aliphatic carbocycles. The highest BCUT2D eigenvalue weighted by Gasteiger charge is 2.20. The topological polar surface area (TPSA) is 6.48 Å². The molecule has 13 heavy (non-hydrogen) atoms. The van der Waals surface area contributed by atoms with Crippen molar-refractivity contribution in [3.05, 3.63) is 0 Å². The van der Waals surface area contributed by atoms with Crippen LogP contribution >= 0.6 is 0 Å². The molecule has 2 saturated heterocycles. The van der Waals surface area contributed by atoms with Crippen LogP contribution in [-0.4, -0.2) is 48.6 Å². The zero-order chi connectivity index (χ0) is 9.10. The van der Waals surface area contributed by atoms with E-state index >= 15 is 0 Å². The van der Waals surface area contributed by atoms with Crippen LogP contribution in [0.25, 0.3) is 0 Å². The van der Waals surface area contributed by atoms with Crippen LogP contribution in [-0.2, 0) is 0 Å². The Kier molecular flexibility index (Phi) is 3.23. The minimum absolute atomic E-state index is 0.850. The summed E-state index contributed by atoms with van der Waals surface area (Å²) in [6.45, 7) is 9.03. The average molecular weight is 182 g/mol. The van der Waals surface area contributed by atoms with Crippen molar-refractivity contribution >= 4 is 0 Å². The van der Waals surface area contributed by atoms with E-state index in [4.69, 9.17) is 0 Å². The van der Waals surface area contributed by atoms with Gasteiger partial charge in [0.05, 0.1) is 0 Å². The van der Waals surface area contributed by atoms with Crippen molar-refractivity contribution in [3.8, 4) is 0 Å². The highest BCUT2D eigenvalue weighted by molar-refractivity contribution is 4.77. The number of rotatable bonds is 3. The van der Waals surface area contributed by atoms with E-state index in [0.717, 1.165) is 6.04 Å². The van der Waals surface area contributed by atoms with Crippen LogP contribution in [0.2, 0.25) is 0 Å². The van der Waals surface area contributed by atoms with Crippen LogP contribution in [0.5, 0.6) is 0 Å². The molecule has 2 nitrogen and oxygen atoms in total. The van der Waals surface area contributed by atoms with Crippen molar-refractivity contribution in [2.75, 3.05) is 32.7 Å². The summed E-state index contributed by atoms with van der Waals surface area (Å²) in [6.07, 6.45) is 5.69. The maximum absolute atomic E-state index is 2.65. The standard InChI is InChI=1S/C11H22N2/c1-11-5-4-8-13(11)10-9-12-6-2-3-7-12/h11H,2-10H2,1H3. The molecule has 0 aromatic carbocycles. The van der Waals surface area contributed by atoms with Crippen LogP contribution in [0.4, 0.5) is 0 Å². The maximum Gasteiger partial charge on any atom is 0.0112 e. The lowest BCUT2D eigenvalue weighted by Gasteiger charge is -2.24. The zero-order valence-corrected chi connectivity index (χ0v) is 8.84. The average Bonchev–Trinajstić information content (AvgIpc) is 2.72. The number of likely N-dealkylation sites (tertiary alicyclic amines) is 2. The highest BCUT2D eigenvalue weighted by atomic mass is 15.2. The summed E-state index contributed by atoms with van der Waals surface area (Å²) >= 11 is 0. The first-order valence-corrected chi connectivity index (χ1v) is 5.82. The molecule has 1 atom stereocenters. The van der Waals surface area contributed by atoms with Crippen molar-refractivity contribution < 1.29 is 0 Å². The van der Waals surface area contributed by atoms with Gasteiger partial charge in [-0.2, -0.15) is 0 Å². The predicted octanol–water partition coefficient (Wildman–Crippen LogP) is 1.57. The molecule has 76 valence electrons. The highest BCUT2D eigenvalue weighted by Crippen LogP contribution is 2.16. The molecule has 0 bridgehead atoms. The Morgan fingerprint density at radius 2 is 1.77 bits per heavy atom. The molecule has 0 N–H and O–H groups in total. The van der Waals surface area contributed by atoms with Crippen molar-refractivity contribution in [2.45, 2.75) is 38.6 Å². The lowest BCUT2D eigenvalue weighted by molar-refractivity contribution is 0.221. The summed E-state index contributed by atoms with van der Waals surface area (Å²) in [5, 5.41) is 0. The van der Waals surface area contributed by atoms with Gasteiger partial charge in [0.1, 0.15) is 0 Å². The molecule has 0 amide bonds. The first kappa shape index (κ1) is 9.47. The van der Waals surface area contributed by atoms with Crippen LogP contribution in [0.1, 0.15) is 32.6 Å². The fourth-order valence-corrected chi connectivity index (χ4v) is 2.60. The Balaban J connectivity index is 1.66. The van der Waals surface area contributed by atoms with E-state index in [1.54, 1.807) is 0 Å². The molecule has 0 aromatic heterocycles. The van der Waals surface area contributed by atoms with Crippen LogP contribution in [0.3, 0.4) is 0 Å².